The molecule has 4 aromatic rings. The van der Waals surface area contributed by atoms with Gasteiger partial charge in [0.2, 0.25) is 0 Å². The van der Waals surface area contributed by atoms with Crippen LogP contribution in [-0.4, -0.2) is 45.9 Å². The summed E-state index contributed by atoms with van der Waals surface area (Å²) in [4.78, 5) is 26.0. The second kappa shape index (κ2) is 10.4. The molecule has 0 spiro atoms. The lowest BCUT2D eigenvalue weighted by atomic mass is 10.00. The molecule has 0 bridgehead atoms. The number of carbonyl (C=O) groups excluding carboxylic acids is 2. The van der Waals surface area contributed by atoms with E-state index in [2.05, 4.69) is 16.4 Å². The van der Waals surface area contributed by atoms with Crippen LogP contribution in [0.25, 0.3) is 10.8 Å². The monoisotopic (exact) mass is 478 g/mol. The maximum atomic E-state index is 13.5. The summed E-state index contributed by atoms with van der Waals surface area (Å²) in [7, 11) is 2.87. The predicted octanol–water partition coefficient (Wildman–Crippen LogP) is 4.33. The van der Waals surface area contributed by atoms with E-state index in [1.54, 1.807) is 10.9 Å². The van der Waals surface area contributed by atoms with Crippen LogP contribution in [0.4, 0.5) is 8.78 Å². The minimum absolute atomic E-state index is 0.0265. The van der Waals surface area contributed by atoms with Gasteiger partial charge in [-0.15, -0.1) is 5.10 Å². The van der Waals surface area contributed by atoms with E-state index >= 15 is 0 Å². The maximum absolute atomic E-state index is 13.5. The van der Waals surface area contributed by atoms with E-state index < -0.39 is 17.5 Å². The average molecular weight is 478 g/mol. The van der Waals surface area contributed by atoms with Crippen molar-refractivity contribution in [3.63, 3.8) is 0 Å². The Bertz CT molecular complexity index is 1370. The van der Waals surface area contributed by atoms with Crippen molar-refractivity contribution < 1.29 is 23.1 Å². The van der Waals surface area contributed by atoms with Gasteiger partial charge in [-0.1, -0.05) is 47.7 Å². The summed E-state index contributed by atoms with van der Waals surface area (Å²) in [5.74, 6) is -2.97. The summed E-state index contributed by atoms with van der Waals surface area (Å²) in [5, 5.41) is 10.5. The highest BCUT2D eigenvalue weighted by Crippen LogP contribution is 2.22. The third-order valence-corrected chi connectivity index (χ3v) is 5.76. The number of carbonyl (C=O) groups is 2. The van der Waals surface area contributed by atoms with Crippen LogP contribution in [0, 0.1) is 11.6 Å². The van der Waals surface area contributed by atoms with E-state index in [0.29, 0.717) is 12.1 Å². The van der Waals surface area contributed by atoms with Gasteiger partial charge in [0.1, 0.15) is 5.69 Å². The molecule has 0 aliphatic rings. The molecule has 9 heteroatoms. The zero-order valence-electron chi connectivity index (χ0n) is 19.3. The van der Waals surface area contributed by atoms with Crippen molar-refractivity contribution in [3.05, 3.63) is 95.3 Å². The van der Waals surface area contributed by atoms with Crippen LogP contribution < -0.4 is 0 Å². The molecule has 0 saturated heterocycles. The molecule has 0 aliphatic heterocycles. The Morgan fingerprint density at radius 2 is 1.80 bits per heavy atom. The molecule has 0 aliphatic carbocycles. The van der Waals surface area contributed by atoms with Crippen LogP contribution in [0.1, 0.15) is 34.1 Å². The number of fused-ring (bicyclic) bond motifs is 1. The standard InChI is InChI=1S/C26H24F2N4O3/c1-31(26(34)20-9-10-23(27)24(28)13-20)15-21-16-32(30-29-21)22(14-25(33)35-2)12-17-7-8-18-5-3-4-6-19(18)11-17/h3-11,13,16,22H,12,14-15H2,1-2H3/t22-/m1/s1. The second-order valence-electron chi connectivity index (χ2n) is 8.30. The topological polar surface area (TPSA) is 77.3 Å². The Hall–Kier alpha value is -4.14. The number of nitrogens with zero attached hydrogens (tertiary/aromatic N) is 4. The number of halogens is 2. The molecule has 1 atom stereocenters. The van der Waals surface area contributed by atoms with Crippen LogP contribution >= 0.6 is 0 Å². The second-order valence-corrected chi connectivity index (χ2v) is 8.30. The molecule has 0 radical (unpaired) electrons. The van der Waals surface area contributed by atoms with Gasteiger partial charge in [0.25, 0.3) is 5.91 Å². The summed E-state index contributed by atoms with van der Waals surface area (Å²) in [5.41, 5.74) is 1.54. The molecule has 4 rings (SSSR count). The van der Waals surface area contributed by atoms with E-state index in [1.165, 1.54) is 25.1 Å². The van der Waals surface area contributed by atoms with Gasteiger partial charge in [-0.2, -0.15) is 0 Å². The molecule has 3 aromatic carbocycles. The van der Waals surface area contributed by atoms with Crippen molar-refractivity contribution in [3.8, 4) is 0 Å². The first kappa shape index (κ1) is 24.0. The third-order valence-electron chi connectivity index (χ3n) is 5.76. The summed E-state index contributed by atoms with van der Waals surface area (Å²) in [6, 6.07) is 16.8. The zero-order chi connectivity index (χ0) is 24.9. The molecular weight excluding hydrogens is 454 g/mol. The number of methoxy groups -OCH3 is 1. The fourth-order valence-corrected chi connectivity index (χ4v) is 3.90. The minimum atomic E-state index is -1.09. The molecule has 0 unspecified atom stereocenters. The van der Waals surface area contributed by atoms with Crippen LogP contribution in [0.5, 0.6) is 0 Å². The van der Waals surface area contributed by atoms with E-state index in [0.717, 1.165) is 28.5 Å². The first-order valence-corrected chi connectivity index (χ1v) is 11.0. The predicted molar refractivity (Wildman–Crippen MR) is 125 cm³/mol. The highest BCUT2D eigenvalue weighted by molar-refractivity contribution is 5.94. The van der Waals surface area contributed by atoms with Gasteiger partial charge in [0.05, 0.1) is 32.3 Å². The van der Waals surface area contributed by atoms with E-state index in [4.69, 9.17) is 4.74 Å². The molecule has 1 amide bonds. The molecule has 1 heterocycles. The molecule has 1 aromatic heterocycles. The Morgan fingerprint density at radius 3 is 2.54 bits per heavy atom. The lowest BCUT2D eigenvalue weighted by molar-refractivity contribution is -0.141. The number of rotatable bonds is 8. The maximum Gasteiger partial charge on any atom is 0.307 e. The lowest BCUT2D eigenvalue weighted by Gasteiger charge is -2.17. The molecular formula is C26H24F2N4O3. The Kier molecular flexibility index (Phi) is 7.14. The molecule has 180 valence electrons. The molecule has 7 nitrogen and oxygen atoms in total. The van der Waals surface area contributed by atoms with Crippen LogP contribution in [-0.2, 0) is 22.5 Å². The van der Waals surface area contributed by atoms with Crippen LogP contribution in [0.15, 0.2) is 66.9 Å². The summed E-state index contributed by atoms with van der Waals surface area (Å²) < 4.78 is 33.2. The zero-order valence-corrected chi connectivity index (χ0v) is 19.3. The van der Waals surface area contributed by atoms with Crippen LogP contribution in [0.3, 0.4) is 0 Å². The lowest BCUT2D eigenvalue weighted by Crippen LogP contribution is -2.26. The van der Waals surface area contributed by atoms with Gasteiger partial charge in [-0.25, -0.2) is 13.5 Å². The Labute approximate surface area is 200 Å². The minimum Gasteiger partial charge on any atom is -0.469 e. The van der Waals surface area contributed by atoms with Crippen molar-refractivity contribution in [1.82, 2.24) is 19.9 Å². The van der Waals surface area contributed by atoms with Gasteiger partial charge in [-0.3, -0.25) is 9.59 Å². The molecule has 0 N–H and O–H groups in total. The first-order valence-electron chi connectivity index (χ1n) is 11.0. The molecule has 35 heavy (non-hydrogen) atoms. The summed E-state index contributed by atoms with van der Waals surface area (Å²) >= 11 is 0. The van der Waals surface area contributed by atoms with Crippen molar-refractivity contribution >= 4 is 22.6 Å². The van der Waals surface area contributed by atoms with Crippen LogP contribution in [0.2, 0.25) is 0 Å². The number of hydrogen-bond acceptors (Lipinski definition) is 5. The Morgan fingerprint density at radius 1 is 1.03 bits per heavy atom. The van der Waals surface area contributed by atoms with Gasteiger partial charge >= 0.3 is 5.97 Å². The first-order chi connectivity index (χ1) is 16.8. The fraction of sp³-hybridized carbons (Fsp3) is 0.231. The fourth-order valence-electron chi connectivity index (χ4n) is 3.90. The van der Waals surface area contributed by atoms with Gasteiger partial charge in [0, 0.05) is 12.6 Å². The molecule has 0 saturated carbocycles. The van der Waals surface area contributed by atoms with Gasteiger partial charge in [0.15, 0.2) is 11.6 Å². The average Bonchev–Trinajstić information content (AvgIpc) is 3.33. The number of aromatic nitrogens is 3. The van der Waals surface area contributed by atoms with E-state index in [9.17, 15) is 18.4 Å². The van der Waals surface area contributed by atoms with Gasteiger partial charge in [-0.05, 0) is 41.0 Å². The number of ether oxygens (including phenoxy) is 1. The quantitative estimate of drug-likeness (QED) is 0.353. The SMILES string of the molecule is COC(=O)C[C@@H](Cc1ccc2ccccc2c1)n1cc(CN(C)C(=O)c2ccc(F)c(F)c2)nn1. The number of hydrogen-bond donors (Lipinski definition) is 0. The van der Waals surface area contributed by atoms with E-state index in [1.807, 2.05) is 36.4 Å². The van der Waals surface area contributed by atoms with Crippen molar-refractivity contribution in [1.29, 1.82) is 0 Å². The van der Waals surface area contributed by atoms with Crippen molar-refractivity contribution in [2.24, 2.45) is 0 Å². The normalized spacial score (nSPS) is 11.9. The number of amides is 1. The third kappa shape index (κ3) is 5.68. The highest BCUT2D eigenvalue weighted by atomic mass is 19.2. The molecule has 0 fully saturated rings. The summed E-state index contributed by atoms with van der Waals surface area (Å²) in [6.07, 6.45) is 2.28. The highest BCUT2D eigenvalue weighted by Gasteiger charge is 2.21. The van der Waals surface area contributed by atoms with E-state index in [-0.39, 0.29) is 30.5 Å². The Balaban J connectivity index is 1.51. The summed E-state index contributed by atoms with van der Waals surface area (Å²) in [6.45, 7) is 0.0960. The smallest absolute Gasteiger partial charge is 0.307 e. The van der Waals surface area contributed by atoms with Crippen molar-refractivity contribution in [2.75, 3.05) is 14.2 Å². The van der Waals surface area contributed by atoms with Crippen molar-refractivity contribution in [2.45, 2.75) is 25.4 Å². The van der Waals surface area contributed by atoms with Gasteiger partial charge < -0.3 is 9.64 Å². The number of benzene rings is 3. The number of esters is 1. The largest absolute Gasteiger partial charge is 0.469 e.